The summed E-state index contributed by atoms with van der Waals surface area (Å²) in [4.78, 5) is 4.42. The Balaban J connectivity index is 2.26. The van der Waals surface area contributed by atoms with Gasteiger partial charge < -0.3 is 14.6 Å². The van der Waals surface area contributed by atoms with Crippen molar-refractivity contribution >= 4 is 23.2 Å². The van der Waals surface area contributed by atoms with Gasteiger partial charge in [-0.2, -0.15) is 0 Å². The van der Waals surface area contributed by atoms with Gasteiger partial charge in [0.2, 0.25) is 5.95 Å². The van der Waals surface area contributed by atoms with Crippen LogP contribution in [0.5, 0.6) is 0 Å². The highest BCUT2D eigenvalue weighted by molar-refractivity contribution is 6.31. The van der Waals surface area contributed by atoms with Crippen molar-refractivity contribution < 1.29 is 9.13 Å². The van der Waals surface area contributed by atoms with Crippen molar-refractivity contribution in [2.45, 2.75) is 19.9 Å². The summed E-state index contributed by atoms with van der Waals surface area (Å²) in [5.74, 6) is 0.235. The first-order valence-electron chi connectivity index (χ1n) is 6.27. The number of benzene rings is 1. The second-order valence-corrected chi connectivity index (χ2v) is 5.08. The van der Waals surface area contributed by atoms with E-state index in [0.29, 0.717) is 18.2 Å². The monoisotopic (exact) mass is 297 g/mol. The van der Waals surface area contributed by atoms with Gasteiger partial charge in [-0.1, -0.05) is 11.6 Å². The van der Waals surface area contributed by atoms with Crippen molar-refractivity contribution in [1.82, 2.24) is 9.55 Å². The summed E-state index contributed by atoms with van der Waals surface area (Å²) in [5.41, 5.74) is 1.58. The van der Waals surface area contributed by atoms with Gasteiger partial charge in [-0.15, -0.1) is 0 Å². The highest BCUT2D eigenvalue weighted by atomic mass is 35.5. The van der Waals surface area contributed by atoms with E-state index in [1.165, 1.54) is 12.1 Å². The van der Waals surface area contributed by atoms with Crippen LogP contribution in [-0.2, 0) is 4.74 Å². The molecule has 1 heterocycles. The molecule has 0 radical (unpaired) electrons. The van der Waals surface area contributed by atoms with Crippen LogP contribution in [0.2, 0.25) is 5.02 Å². The largest absolute Gasteiger partial charge is 0.383 e. The third kappa shape index (κ3) is 3.29. The maximum Gasteiger partial charge on any atom is 0.207 e. The molecule has 0 aliphatic heterocycles. The minimum Gasteiger partial charge on any atom is -0.383 e. The predicted molar refractivity (Wildman–Crippen MR) is 78.2 cm³/mol. The van der Waals surface area contributed by atoms with E-state index in [1.807, 2.05) is 24.6 Å². The average molecular weight is 298 g/mol. The summed E-state index contributed by atoms with van der Waals surface area (Å²) in [6.45, 7) is 4.53. The van der Waals surface area contributed by atoms with Gasteiger partial charge in [0.05, 0.1) is 23.4 Å². The summed E-state index contributed by atoms with van der Waals surface area (Å²) in [6.07, 6.45) is 1.94. The van der Waals surface area contributed by atoms with Crippen molar-refractivity contribution in [3.63, 3.8) is 0 Å². The van der Waals surface area contributed by atoms with E-state index >= 15 is 0 Å². The lowest BCUT2D eigenvalue weighted by Gasteiger charge is -2.16. The van der Waals surface area contributed by atoms with Gasteiger partial charge in [-0.05, 0) is 32.0 Å². The molecule has 2 aromatic rings. The summed E-state index contributed by atoms with van der Waals surface area (Å²) >= 11 is 5.78. The minimum absolute atomic E-state index is 0.0785. The Bertz CT molecular complexity index is 600. The van der Waals surface area contributed by atoms with Gasteiger partial charge in [-0.25, -0.2) is 9.37 Å². The molecule has 0 spiro atoms. The van der Waals surface area contributed by atoms with E-state index in [1.54, 1.807) is 13.2 Å². The molecule has 0 aliphatic rings. The Kier molecular flexibility index (Phi) is 4.62. The maximum absolute atomic E-state index is 13.2. The molecule has 0 fully saturated rings. The number of aromatic nitrogens is 2. The Labute approximate surface area is 122 Å². The van der Waals surface area contributed by atoms with E-state index in [-0.39, 0.29) is 11.1 Å². The third-order valence-electron chi connectivity index (χ3n) is 2.91. The number of methoxy groups -OCH3 is 1. The molecule has 1 atom stereocenters. The van der Waals surface area contributed by atoms with Gasteiger partial charge >= 0.3 is 0 Å². The second kappa shape index (κ2) is 6.24. The molecule has 1 aromatic heterocycles. The second-order valence-electron chi connectivity index (χ2n) is 4.67. The summed E-state index contributed by atoms with van der Waals surface area (Å²) in [7, 11) is 1.66. The fourth-order valence-corrected chi connectivity index (χ4v) is 2.15. The highest BCUT2D eigenvalue weighted by Crippen LogP contribution is 2.24. The molecule has 0 amide bonds. The van der Waals surface area contributed by atoms with Crippen molar-refractivity contribution in [2.75, 3.05) is 19.0 Å². The number of hydrogen-bond acceptors (Lipinski definition) is 3. The lowest BCUT2D eigenvalue weighted by molar-refractivity contribution is 0.163. The van der Waals surface area contributed by atoms with Crippen LogP contribution in [0.4, 0.5) is 16.0 Å². The quantitative estimate of drug-likeness (QED) is 0.908. The number of hydrogen-bond donors (Lipinski definition) is 1. The van der Waals surface area contributed by atoms with E-state index < -0.39 is 5.82 Å². The molecular formula is C14H17ClFN3O. The smallest absolute Gasteiger partial charge is 0.207 e. The van der Waals surface area contributed by atoms with E-state index in [2.05, 4.69) is 10.3 Å². The van der Waals surface area contributed by atoms with Crippen LogP contribution in [-0.4, -0.2) is 23.3 Å². The number of anilines is 2. The Hall–Kier alpha value is -1.59. The zero-order chi connectivity index (χ0) is 14.7. The van der Waals surface area contributed by atoms with Crippen LogP contribution in [0.1, 0.15) is 18.7 Å². The summed E-state index contributed by atoms with van der Waals surface area (Å²) in [5, 5.41) is 3.22. The SMILES string of the molecule is COCC(C)n1cc(C)nc1Nc1ccc(F)c(Cl)c1. The fourth-order valence-electron chi connectivity index (χ4n) is 1.97. The lowest BCUT2D eigenvalue weighted by atomic mass is 10.3. The molecule has 108 valence electrons. The number of rotatable bonds is 5. The first kappa shape index (κ1) is 14.8. The van der Waals surface area contributed by atoms with Crippen molar-refractivity contribution in [2.24, 2.45) is 0 Å². The normalized spacial score (nSPS) is 12.4. The molecule has 0 bridgehead atoms. The number of imidazole rings is 1. The Morgan fingerprint density at radius 1 is 1.50 bits per heavy atom. The van der Waals surface area contributed by atoms with Crippen LogP contribution in [0.25, 0.3) is 0 Å². The predicted octanol–water partition coefficient (Wildman–Crippen LogP) is 3.94. The molecule has 6 heteroatoms. The molecule has 20 heavy (non-hydrogen) atoms. The summed E-state index contributed by atoms with van der Waals surface area (Å²) < 4.78 is 20.3. The fraction of sp³-hybridized carbons (Fsp3) is 0.357. The van der Waals surface area contributed by atoms with E-state index in [9.17, 15) is 4.39 Å². The molecule has 2 rings (SSSR count). The van der Waals surface area contributed by atoms with E-state index in [0.717, 1.165) is 5.69 Å². The topological polar surface area (TPSA) is 39.1 Å². The van der Waals surface area contributed by atoms with Crippen molar-refractivity contribution in [3.05, 3.63) is 40.9 Å². The zero-order valence-electron chi connectivity index (χ0n) is 11.7. The maximum atomic E-state index is 13.2. The highest BCUT2D eigenvalue weighted by Gasteiger charge is 2.12. The third-order valence-corrected chi connectivity index (χ3v) is 3.20. The summed E-state index contributed by atoms with van der Waals surface area (Å²) in [6, 6.07) is 4.62. The van der Waals surface area contributed by atoms with Crippen LogP contribution in [0.15, 0.2) is 24.4 Å². The lowest BCUT2D eigenvalue weighted by Crippen LogP contribution is -2.12. The molecule has 0 saturated carbocycles. The van der Waals surface area contributed by atoms with Gasteiger partial charge in [0.1, 0.15) is 5.82 Å². The number of halogens is 2. The minimum atomic E-state index is -0.440. The number of nitrogens with one attached hydrogen (secondary N) is 1. The van der Waals surface area contributed by atoms with Crippen LogP contribution in [0, 0.1) is 12.7 Å². The molecule has 1 unspecified atom stereocenters. The van der Waals surface area contributed by atoms with Crippen LogP contribution in [0.3, 0.4) is 0 Å². The standard InChI is InChI=1S/C14H17ClFN3O/c1-9-7-19(10(2)8-20-3)14(17-9)18-11-4-5-13(16)12(15)6-11/h4-7,10H,8H2,1-3H3,(H,17,18). The molecule has 0 saturated heterocycles. The molecular weight excluding hydrogens is 281 g/mol. The van der Waals surface area contributed by atoms with E-state index in [4.69, 9.17) is 16.3 Å². The van der Waals surface area contributed by atoms with Gasteiger partial charge in [0, 0.05) is 19.0 Å². The van der Waals surface area contributed by atoms with Gasteiger partial charge in [0.25, 0.3) is 0 Å². The zero-order valence-corrected chi connectivity index (χ0v) is 12.4. The Morgan fingerprint density at radius 3 is 2.90 bits per heavy atom. The number of aryl methyl sites for hydroxylation is 1. The molecule has 0 aliphatic carbocycles. The van der Waals surface area contributed by atoms with Crippen molar-refractivity contribution in [1.29, 1.82) is 0 Å². The number of nitrogens with zero attached hydrogens (tertiary/aromatic N) is 2. The molecule has 4 nitrogen and oxygen atoms in total. The van der Waals surface area contributed by atoms with Crippen LogP contribution >= 0.6 is 11.6 Å². The Morgan fingerprint density at radius 2 is 2.25 bits per heavy atom. The van der Waals surface area contributed by atoms with Crippen molar-refractivity contribution in [3.8, 4) is 0 Å². The van der Waals surface area contributed by atoms with Gasteiger partial charge in [0.15, 0.2) is 0 Å². The first-order chi connectivity index (χ1) is 9.51. The molecule has 1 N–H and O–H groups in total. The average Bonchev–Trinajstić information content (AvgIpc) is 2.75. The van der Waals surface area contributed by atoms with Crippen LogP contribution < -0.4 is 5.32 Å². The molecule has 1 aromatic carbocycles. The van der Waals surface area contributed by atoms with Gasteiger partial charge in [-0.3, -0.25) is 0 Å². The number of ether oxygens (including phenoxy) is 1. The first-order valence-corrected chi connectivity index (χ1v) is 6.65.